The molecule has 1 saturated carbocycles. The van der Waals surface area contributed by atoms with Crippen LogP contribution in [0.1, 0.15) is 32.1 Å². The summed E-state index contributed by atoms with van der Waals surface area (Å²) in [6.07, 6.45) is 6.30. The lowest BCUT2D eigenvalue weighted by atomic mass is 9.96. The molecule has 0 atom stereocenters. The third-order valence-electron chi connectivity index (χ3n) is 3.77. The summed E-state index contributed by atoms with van der Waals surface area (Å²) < 4.78 is 2.54. The van der Waals surface area contributed by atoms with Crippen LogP contribution in [0.5, 0.6) is 5.75 Å². The summed E-state index contributed by atoms with van der Waals surface area (Å²) in [6.45, 7) is 0. The molecule has 0 radical (unpaired) electrons. The molecule has 3 rings (SSSR count). The number of phenolic OH excluding ortho intramolecular Hbond substituents is 1. The minimum atomic E-state index is 0.242. The quantitative estimate of drug-likeness (QED) is 0.876. The maximum absolute atomic E-state index is 9.58. The summed E-state index contributed by atoms with van der Waals surface area (Å²) in [7, 11) is 1.94. The number of phenols is 1. The van der Waals surface area contributed by atoms with Gasteiger partial charge in [-0.25, -0.2) is 4.68 Å². The van der Waals surface area contributed by atoms with E-state index in [9.17, 15) is 5.11 Å². The van der Waals surface area contributed by atoms with Crippen molar-refractivity contribution in [3.05, 3.63) is 27.5 Å². The van der Waals surface area contributed by atoms with E-state index in [1.54, 1.807) is 17.4 Å². The predicted molar refractivity (Wildman–Crippen MR) is 88.3 cm³/mol. The monoisotopic (exact) mass is 367 g/mol. The van der Waals surface area contributed by atoms with E-state index in [4.69, 9.17) is 4.99 Å². The molecular weight excluding hydrogens is 350 g/mol. The molecule has 1 heterocycles. The Morgan fingerprint density at radius 3 is 2.81 bits per heavy atom. The smallest absolute Gasteiger partial charge is 0.203 e. The van der Waals surface area contributed by atoms with Gasteiger partial charge in [0.15, 0.2) is 0 Å². The second-order valence-electron chi connectivity index (χ2n) is 5.40. The third kappa shape index (κ3) is 3.37. The molecule has 0 spiro atoms. The van der Waals surface area contributed by atoms with Gasteiger partial charge in [-0.2, -0.15) is 5.10 Å². The summed E-state index contributed by atoms with van der Waals surface area (Å²) in [5, 5.41) is 15.1. The van der Waals surface area contributed by atoms with Gasteiger partial charge in [0.1, 0.15) is 10.8 Å². The van der Waals surface area contributed by atoms with Crippen molar-refractivity contribution in [2.24, 2.45) is 12.0 Å². The number of nitrogens with zero attached hydrogens (tertiary/aromatic N) is 3. The van der Waals surface area contributed by atoms with Crippen molar-refractivity contribution in [2.75, 3.05) is 0 Å². The largest absolute Gasteiger partial charge is 0.507 e. The Kier molecular flexibility index (Phi) is 4.45. The van der Waals surface area contributed by atoms with Gasteiger partial charge < -0.3 is 5.11 Å². The van der Waals surface area contributed by atoms with Gasteiger partial charge in [0.2, 0.25) is 4.80 Å². The second-order valence-corrected chi connectivity index (χ2v) is 7.21. The van der Waals surface area contributed by atoms with E-state index in [1.165, 1.54) is 32.1 Å². The van der Waals surface area contributed by atoms with Crippen molar-refractivity contribution < 1.29 is 5.11 Å². The molecule has 21 heavy (non-hydrogen) atoms. The van der Waals surface area contributed by atoms with E-state index in [2.05, 4.69) is 21.0 Å². The van der Waals surface area contributed by atoms with Crippen LogP contribution in [0.3, 0.4) is 0 Å². The molecule has 2 aromatic rings. The molecule has 0 amide bonds. The molecule has 0 unspecified atom stereocenters. The normalized spacial score (nSPS) is 17.3. The minimum absolute atomic E-state index is 0.242. The van der Waals surface area contributed by atoms with Crippen molar-refractivity contribution in [1.82, 2.24) is 9.78 Å². The number of aryl methyl sites for hydroxylation is 1. The van der Waals surface area contributed by atoms with Crippen molar-refractivity contribution in [1.29, 1.82) is 0 Å². The Bertz CT molecular complexity index is 701. The van der Waals surface area contributed by atoms with Gasteiger partial charge in [0.25, 0.3) is 0 Å². The first-order valence-corrected chi connectivity index (χ1v) is 8.81. The molecule has 1 aliphatic carbocycles. The lowest BCUT2D eigenvalue weighted by molar-refractivity contribution is 0.434. The molecule has 0 saturated heterocycles. The summed E-state index contributed by atoms with van der Waals surface area (Å²) >= 11 is 4.95. The van der Waals surface area contributed by atoms with Gasteiger partial charge in [0.05, 0.1) is 10.5 Å². The van der Waals surface area contributed by atoms with Crippen molar-refractivity contribution in [3.8, 4) is 16.3 Å². The topological polar surface area (TPSA) is 50.4 Å². The second kappa shape index (κ2) is 6.32. The van der Waals surface area contributed by atoms with E-state index in [-0.39, 0.29) is 5.75 Å². The number of rotatable bonds is 2. The fraction of sp³-hybridized carbons (Fsp3) is 0.467. The molecule has 1 aromatic carbocycles. The lowest BCUT2D eigenvalue weighted by Gasteiger charge is -2.16. The Hall–Kier alpha value is -1.14. The summed E-state index contributed by atoms with van der Waals surface area (Å²) in [5.74, 6) is 0.242. The number of aromatic hydroxyl groups is 1. The van der Waals surface area contributed by atoms with Crippen LogP contribution >= 0.6 is 27.3 Å². The van der Waals surface area contributed by atoms with E-state index in [0.29, 0.717) is 10.5 Å². The van der Waals surface area contributed by atoms with Crippen LogP contribution in [0.15, 0.2) is 27.7 Å². The van der Waals surface area contributed by atoms with Crippen molar-refractivity contribution in [2.45, 2.75) is 38.1 Å². The van der Waals surface area contributed by atoms with Gasteiger partial charge >= 0.3 is 0 Å². The first kappa shape index (κ1) is 14.8. The highest BCUT2D eigenvalue weighted by molar-refractivity contribution is 9.10. The first-order valence-electron chi connectivity index (χ1n) is 7.20. The number of halogens is 1. The van der Waals surface area contributed by atoms with Crippen LogP contribution in [0.25, 0.3) is 10.6 Å². The van der Waals surface area contributed by atoms with Crippen LogP contribution < -0.4 is 4.80 Å². The third-order valence-corrected chi connectivity index (χ3v) is 5.47. The summed E-state index contributed by atoms with van der Waals surface area (Å²) in [5.41, 5.74) is 0.991. The standard InChI is InChI=1S/C15H18BrN3OS/c1-19-15(17-11-5-3-2-4-6-11)21-14(18-19)10-7-8-13(20)12(16)9-10/h7-9,11,20H,2-6H2,1H3. The molecule has 1 N–H and O–H groups in total. The molecule has 1 fully saturated rings. The van der Waals surface area contributed by atoms with Crippen molar-refractivity contribution >= 4 is 27.3 Å². The molecule has 6 heteroatoms. The molecular formula is C15H18BrN3OS. The highest BCUT2D eigenvalue weighted by Gasteiger charge is 2.13. The Balaban J connectivity index is 1.93. The summed E-state index contributed by atoms with van der Waals surface area (Å²) in [4.78, 5) is 5.83. The minimum Gasteiger partial charge on any atom is -0.507 e. The average Bonchev–Trinajstić information content (AvgIpc) is 2.84. The van der Waals surface area contributed by atoms with Crippen LogP contribution in [0, 0.1) is 0 Å². The van der Waals surface area contributed by atoms with Gasteiger partial charge in [-0.15, -0.1) is 0 Å². The maximum Gasteiger partial charge on any atom is 0.203 e. The summed E-state index contributed by atoms with van der Waals surface area (Å²) in [6, 6.07) is 5.89. The zero-order valence-corrected chi connectivity index (χ0v) is 14.3. The number of aromatic nitrogens is 2. The fourth-order valence-corrected chi connectivity index (χ4v) is 3.92. The van der Waals surface area contributed by atoms with Crippen LogP contribution in [0.4, 0.5) is 0 Å². The van der Waals surface area contributed by atoms with Gasteiger partial charge in [-0.05, 0) is 47.0 Å². The number of hydrogen-bond acceptors (Lipinski definition) is 4. The first-order chi connectivity index (χ1) is 10.1. The van der Waals surface area contributed by atoms with Crippen LogP contribution in [-0.4, -0.2) is 20.9 Å². The Morgan fingerprint density at radius 2 is 2.10 bits per heavy atom. The fourth-order valence-electron chi connectivity index (χ4n) is 2.58. The van der Waals surface area contributed by atoms with Crippen molar-refractivity contribution in [3.63, 3.8) is 0 Å². The zero-order chi connectivity index (χ0) is 14.8. The molecule has 112 valence electrons. The van der Waals surface area contributed by atoms with E-state index < -0.39 is 0 Å². The molecule has 1 aliphatic rings. The SMILES string of the molecule is Cn1nc(-c2ccc(O)c(Br)c2)sc1=NC1CCCCC1. The predicted octanol–water partition coefficient (Wildman–Crippen LogP) is 3.85. The maximum atomic E-state index is 9.58. The van der Waals surface area contributed by atoms with Gasteiger partial charge in [0, 0.05) is 12.6 Å². The highest BCUT2D eigenvalue weighted by atomic mass is 79.9. The van der Waals surface area contributed by atoms with Gasteiger partial charge in [-0.1, -0.05) is 30.6 Å². The highest BCUT2D eigenvalue weighted by Crippen LogP contribution is 2.29. The van der Waals surface area contributed by atoms with Crippen LogP contribution in [0.2, 0.25) is 0 Å². The van der Waals surface area contributed by atoms with E-state index in [1.807, 2.05) is 23.9 Å². The van der Waals surface area contributed by atoms with Gasteiger partial charge in [-0.3, -0.25) is 4.99 Å². The average molecular weight is 368 g/mol. The Morgan fingerprint density at radius 1 is 1.33 bits per heavy atom. The Labute approximate surface area is 136 Å². The number of benzene rings is 1. The molecule has 0 aliphatic heterocycles. The molecule has 1 aromatic heterocycles. The molecule has 0 bridgehead atoms. The lowest BCUT2D eigenvalue weighted by Crippen LogP contribution is -2.18. The zero-order valence-electron chi connectivity index (χ0n) is 11.9. The van der Waals surface area contributed by atoms with Crippen LogP contribution in [-0.2, 0) is 7.05 Å². The van der Waals surface area contributed by atoms with E-state index in [0.717, 1.165) is 15.4 Å². The number of hydrogen-bond donors (Lipinski definition) is 1. The van der Waals surface area contributed by atoms with E-state index >= 15 is 0 Å². The molecule has 4 nitrogen and oxygen atoms in total.